The number of hydrogen-bond acceptors (Lipinski definition) is 4. The predicted molar refractivity (Wildman–Crippen MR) is 124 cm³/mol. The Hall–Kier alpha value is -2.96. The fraction of sp³-hybridized carbons (Fsp3) is 0.360. The van der Waals surface area contributed by atoms with Crippen LogP contribution >= 0.6 is 0 Å². The molecule has 6 nitrogen and oxygen atoms in total. The molecule has 1 atom stereocenters. The van der Waals surface area contributed by atoms with Crippen molar-refractivity contribution in [2.45, 2.75) is 26.3 Å². The van der Waals surface area contributed by atoms with Crippen LogP contribution in [0.3, 0.4) is 0 Å². The summed E-state index contributed by atoms with van der Waals surface area (Å²) in [7, 11) is 0. The van der Waals surface area contributed by atoms with E-state index in [1.165, 1.54) is 0 Å². The zero-order valence-corrected chi connectivity index (χ0v) is 18.0. The van der Waals surface area contributed by atoms with Crippen molar-refractivity contribution in [2.24, 2.45) is 11.7 Å². The highest BCUT2D eigenvalue weighted by molar-refractivity contribution is 6.11. The third-order valence-electron chi connectivity index (χ3n) is 6.12. The lowest BCUT2D eigenvalue weighted by atomic mass is 9.85. The van der Waals surface area contributed by atoms with E-state index in [-0.39, 0.29) is 11.7 Å². The van der Waals surface area contributed by atoms with Crippen LogP contribution in [0.2, 0.25) is 0 Å². The van der Waals surface area contributed by atoms with Crippen molar-refractivity contribution in [2.75, 3.05) is 26.2 Å². The highest BCUT2D eigenvalue weighted by Crippen LogP contribution is 2.34. The fourth-order valence-electron chi connectivity index (χ4n) is 4.50. The Balaban J connectivity index is 1.60. The molecule has 1 amide bonds. The van der Waals surface area contributed by atoms with Gasteiger partial charge in [-0.25, -0.2) is 0 Å². The molecular formula is C25H30N4O2. The number of benzene rings is 2. The number of nitrogens with zero attached hydrogens (tertiary/aromatic N) is 1. The number of para-hydroxylation sites is 1. The van der Waals surface area contributed by atoms with Crippen molar-refractivity contribution < 1.29 is 9.59 Å². The maximum Gasteiger partial charge on any atom is 0.248 e. The Morgan fingerprint density at radius 1 is 1.10 bits per heavy atom. The highest BCUT2D eigenvalue weighted by Gasteiger charge is 2.32. The minimum atomic E-state index is -0.425. The number of fused-ring (bicyclic) bond motifs is 3. The smallest absolute Gasteiger partial charge is 0.248 e. The largest absolute Gasteiger partial charge is 0.366 e. The molecule has 1 aliphatic carbocycles. The molecule has 4 N–H and O–H groups in total. The molecule has 0 bridgehead atoms. The van der Waals surface area contributed by atoms with E-state index in [2.05, 4.69) is 34.3 Å². The molecule has 1 unspecified atom stereocenters. The van der Waals surface area contributed by atoms with E-state index in [1.807, 2.05) is 24.3 Å². The Kier molecular flexibility index (Phi) is 6.49. The first-order chi connectivity index (χ1) is 15.1. The summed E-state index contributed by atoms with van der Waals surface area (Å²) in [4.78, 5) is 24.8. The summed E-state index contributed by atoms with van der Waals surface area (Å²) < 4.78 is 2.26. The van der Waals surface area contributed by atoms with Gasteiger partial charge in [0.2, 0.25) is 5.91 Å². The molecule has 3 aromatic rings. The van der Waals surface area contributed by atoms with Crippen LogP contribution in [0, 0.1) is 5.92 Å². The first-order valence-electron chi connectivity index (χ1n) is 11.0. The molecular weight excluding hydrogens is 388 g/mol. The van der Waals surface area contributed by atoms with E-state index in [0.717, 1.165) is 66.7 Å². The predicted octanol–water partition coefficient (Wildman–Crippen LogP) is 2.73. The number of rotatable bonds is 9. The maximum absolute atomic E-state index is 13.4. The zero-order chi connectivity index (χ0) is 21.8. The Bertz CT molecular complexity index is 1080. The van der Waals surface area contributed by atoms with Crippen LogP contribution < -0.4 is 16.4 Å². The summed E-state index contributed by atoms with van der Waals surface area (Å²) in [5.41, 5.74) is 10.0. The third kappa shape index (κ3) is 4.40. The standard InChI is InChI=1S/C25H30N4O2/c1-2-27-13-14-28-15-19-11-12-22-23(24(19)30)20-5-3-4-6-21(20)29(22)16-17-7-9-18(10-8-17)25(26)31/h3-10,19,27-28H,2,11-16H2,1H3,(H2,26,31). The van der Waals surface area contributed by atoms with Gasteiger partial charge in [-0.3, -0.25) is 9.59 Å². The van der Waals surface area contributed by atoms with E-state index < -0.39 is 5.91 Å². The molecule has 1 aromatic heterocycles. The second-order valence-electron chi connectivity index (χ2n) is 8.14. The molecule has 4 rings (SSSR count). The highest BCUT2D eigenvalue weighted by atomic mass is 16.1. The molecule has 0 aliphatic heterocycles. The van der Waals surface area contributed by atoms with Gasteiger partial charge in [0.15, 0.2) is 5.78 Å². The van der Waals surface area contributed by atoms with Crippen molar-refractivity contribution >= 4 is 22.6 Å². The van der Waals surface area contributed by atoms with Crippen LogP contribution in [-0.2, 0) is 13.0 Å². The van der Waals surface area contributed by atoms with Gasteiger partial charge in [0.25, 0.3) is 0 Å². The summed E-state index contributed by atoms with van der Waals surface area (Å²) in [6.07, 6.45) is 1.74. The van der Waals surface area contributed by atoms with Crippen LogP contribution in [0.1, 0.15) is 45.3 Å². The number of hydrogen-bond donors (Lipinski definition) is 3. The minimum absolute atomic E-state index is 0.0169. The maximum atomic E-state index is 13.4. The van der Waals surface area contributed by atoms with Gasteiger partial charge in [-0.05, 0) is 43.1 Å². The van der Waals surface area contributed by atoms with Gasteiger partial charge in [0.1, 0.15) is 0 Å². The van der Waals surface area contributed by atoms with Gasteiger partial charge in [0.05, 0.1) is 0 Å². The SMILES string of the molecule is CCNCCNCC1CCc2c(c3ccccc3n2Cc2ccc(C(N)=O)cc2)C1=O. The molecule has 31 heavy (non-hydrogen) atoms. The number of primary amides is 1. The van der Waals surface area contributed by atoms with E-state index in [1.54, 1.807) is 12.1 Å². The molecule has 0 saturated carbocycles. The zero-order valence-electron chi connectivity index (χ0n) is 18.0. The number of Topliss-reactive ketones (excluding diaryl/α,β-unsaturated/α-hetero) is 1. The number of nitrogens with one attached hydrogen (secondary N) is 2. The minimum Gasteiger partial charge on any atom is -0.366 e. The third-order valence-corrected chi connectivity index (χ3v) is 6.12. The number of carbonyl (C=O) groups excluding carboxylic acids is 2. The van der Waals surface area contributed by atoms with Crippen molar-refractivity contribution in [1.29, 1.82) is 0 Å². The molecule has 0 radical (unpaired) electrons. The second kappa shape index (κ2) is 9.45. The van der Waals surface area contributed by atoms with Crippen molar-refractivity contribution in [3.8, 4) is 0 Å². The monoisotopic (exact) mass is 418 g/mol. The molecule has 6 heteroatoms. The average Bonchev–Trinajstić information content (AvgIpc) is 3.09. The van der Waals surface area contributed by atoms with E-state index in [9.17, 15) is 9.59 Å². The number of carbonyl (C=O) groups is 2. The average molecular weight is 419 g/mol. The summed E-state index contributed by atoms with van der Waals surface area (Å²) in [5, 5.41) is 7.76. The summed E-state index contributed by atoms with van der Waals surface area (Å²) in [6.45, 7) is 6.21. The van der Waals surface area contributed by atoms with E-state index in [4.69, 9.17) is 5.73 Å². The lowest BCUT2D eigenvalue weighted by Crippen LogP contribution is -2.35. The van der Waals surface area contributed by atoms with Gasteiger partial charge >= 0.3 is 0 Å². The van der Waals surface area contributed by atoms with Crippen LogP contribution in [0.25, 0.3) is 10.9 Å². The molecule has 1 heterocycles. The van der Waals surface area contributed by atoms with Gasteiger partial charge in [-0.15, -0.1) is 0 Å². The first kappa shape index (κ1) is 21.3. The fourth-order valence-corrected chi connectivity index (χ4v) is 4.50. The Morgan fingerprint density at radius 2 is 1.84 bits per heavy atom. The van der Waals surface area contributed by atoms with Gasteiger partial charge in [0, 0.05) is 59.8 Å². The number of aromatic nitrogens is 1. The van der Waals surface area contributed by atoms with Gasteiger partial charge in [-0.2, -0.15) is 0 Å². The quantitative estimate of drug-likeness (QED) is 0.466. The van der Waals surface area contributed by atoms with Crippen LogP contribution in [0.5, 0.6) is 0 Å². The first-order valence-corrected chi connectivity index (χ1v) is 11.0. The lowest BCUT2D eigenvalue weighted by molar-refractivity contribution is 0.0901. The van der Waals surface area contributed by atoms with Crippen molar-refractivity contribution in [1.82, 2.24) is 15.2 Å². The van der Waals surface area contributed by atoms with Crippen LogP contribution in [0.4, 0.5) is 0 Å². The molecule has 2 aromatic carbocycles. The summed E-state index contributed by atoms with van der Waals surface area (Å²) in [6, 6.07) is 15.5. The van der Waals surface area contributed by atoms with Crippen molar-refractivity contribution in [3.05, 3.63) is 70.9 Å². The van der Waals surface area contributed by atoms with Gasteiger partial charge < -0.3 is 20.9 Å². The summed E-state index contributed by atoms with van der Waals surface area (Å²) >= 11 is 0. The van der Waals surface area contributed by atoms with Crippen LogP contribution in [-0.4, -0.2) is 42.4 Å². The number of likely N-dealkylation sites (N-methyl/N-ethyl adjacent to an activating group) is 1. The van der Waals surface area contributed by atoms with E-state index >= 15 is 0 Å². The molecule has 162 valence electrons. The lowest BCUT2D eigenvalue weighted by Gasteiger charge is -2.23. The van der Waals surface area contributed by atoms with E-state index in [0.29, 0.717) is 12.1 Å². The number of nitrogens with two attached hydrogens (primary N) is 1. The molecule has 0 saturated heterocycles. The molecule has 0 spiro atoms. The summed E-state index contributed by atoms with van der Waals surface area (Å²) in [5.74, 6) is -0.162. The normalized spacial score (nSPS) is 15.9. The van der Waals surface area contributed by atoms with Crippen LogP contribution in [0.15, 0.2) is 48.5 Å². The molecule has 0 fully saturated rings. The topological polar surface area (TPSA) is 89.2 Å². The number of amides is 1. The number of ketones is 1. The molecule has 1 aliphatic rings. The van der Waals surface area contributed by atoms with Crippen molar-refractivity contribution in [3.63, 3.8) is 0 Å². The Morgan fingerprint density at radius 3 is 2.58 bits per heavy atom. The Labute approximate surface area is 182 Å². The van der Waals surface area contributed by atoms with Gasteiger partial charge in [-0.1, -0.05) is 37.3 Å². The second-order valence-corrected chi connectivity index (χ2v) is 8.14.